The largest absolute Gasteiger partial charge is 0.454 e. The van der Waals surface area contributed by atoms with E-state index in [1.54, 1.807) is 24.3 Å². The van der Waals surface area contributed by atoms with Gasteiger partial charge in [-0.1, -0.05) is 24.3 Å². The molecular weight excluding hydrogens is 356 g/mol. The van der Waals surface area contributed by atoms with Gasteiger partial charge in [-0.3, -0.25) is 9.59 Å². The van der Waals surface area contributed by atoms with Crippen LogP contribution in [0.1, 0.15) is 39.3 Å². The zero-order valence-corrected chi connectivity index (χ0v) is 15.5. The number of aromatic amines is 1. The van der Waals surface area contributed by atoms with Gasteiger partial charge in [0.15, 0.2) is 6.61 Å². The number of aromatic nitrogens is 1. The molecule has 1 saturated carbocycles. The summed E-state index contributed by atoms with van der Waals surface area (Å²) < 4.78 is 5.22. The Kier molecular flexibility index (Phi) is 4.69. The smallest absolute Gasteiger partial charge is 0.338 e. The average molecular weight is 376 g/mol. The summed E-state index contributed by atoms with van der Waals surface area (Å²) in [6.45, 7) is 1.47. The number of anilines is 1. The molecule has 0 bridgehead atoms. The summed E-state index contributed by atoms with van der Waals surface area (Å²) in [4.78, 5) is 40.0. The van der Waals surface area contributed by atoms with Crippen molar-refractivity contribution >= 4 is 34.3 Å². The number of Topliss-reactive ketones (excluding diaryl/α,β-unsaturated/α-hetero) is 1. The first-order valence-electron chi connectivity index (χ1n) is 9.21. The molecule has 2 aromatic carbocycles. The second kappa shape index (κ2) is 7.31. The maximum atomic E-state index is 12.6. The van der Waals surface area contributed by atoms with Crippen molar-refractivity contribution in [2.45, 2.75) is 19.8 Å². The van der Waals surface area contributed by atoms with E-state index in [1.165, 1.54) is 0 Å². The number of H-pyrrole nitrogens is 1. The lowest BCUT2D eigenvalue weighted by Crippen LogP contribution is -2.16. The number of esters is 1. The average Bonchev–Trinajstić information content (AvgIpc) is 3.48. The zero-order chi connectivity index (χ0) is 19.7. The number of ether oxygens (including phenoxy) is 1. The van der Waals surface area contributed by atoms with Crippen LogP contribution in [0.25, 0.3) is 10.9 Å². The lowest BCUT2D eigenvalue weighted by atomic mass is 10.1. The molecule has 0 atom stereocenters. The monoisotopic (exact) mass is 376 g/mol. The van der Waals surface area contributed by atoms with Crippen LogP contribution in [0, 0.1) is 12.8 Å². The third-order valence-electron chi connectivity index (χ3n) is 4.82. The van der Waals surface area contributed by atoms with Gasteiger partial charge in [-0.15, -0.1) is 0 Å². The van der Waals surface area contributed by atoms with Crippen LogP contribution in [0.15, 0.2) is 48.5 Å². The molecule has 1 amide bonds. The van der Waals surface area contributed by atoms with Crippen molar-refractivity contribution in [2.24, 2.45) is 5.92 Å². The van der Waals surface area contributed by atoms with E-state index < -0.39 is 5.97 Å². The summed E-state index contributed by atoms with van der Waals surface area (Å²) >= 11 is 0. The standard InChI is InChI=1S/C22H20N2O4/c1-13-20(17-7-2-3-8-18(17)23-13)19(25)12-28-22(27)15-5-4-6-16(11-15)24-21(26)14-9-10-14/h2-8,11,14,23H,9-10,12H2,1H3,(H,24,26). The van der Waals surface area contributed by atoms with Crippen LogP contribution < -0.4 is 5.32 Å². The molecule has 1 aromatic heterocycles. The Morgan fingerprint density at radius 3 is 2.68 bits per heavy atom. The third-order valence-corrected chi connectivity index (χ3v) is 4.82. The van der Waals surface area contributed by atoms with Crippen LogP contribution in [0.2, 0.25) is 0 Å². The molecule has 0 unspecified atom stereocenters. The SMILES string of the molecule is Cc1[nH]c2ccccc2c1C(=O)COC(=O)c1cccc(NC(=O)C2CC2)c1. The number of carbonyl (C=O) groups excluding carboxylic acids is 3. The van der Waals surface area contributed by atoms with Gasteiger partial charge in [0.2, 0.25) is 11.7 Å². The van der Waals surface area contributed by atoms with Gasteiger partial charge in [0.05, 0.1) is 5.56 Å². The zero-order valence-electron chi connectivity index (χ0n) is 15.5. The molecule has 6 heteroatoms. The Morgan fingerprint density at radius 2 is 1.89 bits per heavy atom. The van der Waals surface area contributed by atoms with E-state index in [1.807, 2.05) is 31.2 Å². The lowest BCUT2D eigenvalue weighted by Gasteiger charge is -2.08. The van der Waals surface area contributed by atoms with E-state index in [2.05, 4.69) is 10.3 Å². The lowest BCUT2D eigenvalue weighted by molar-refractivity contribution is -0.117. The molecule has 28 heavy (non-hydrogen) atoms. The Hall–Kier alpha value is -3.41. The number of ketones is 1. The summed E-state index contributed by atoms with van der Waals surface area (Å²) in [5, 5.41) is 3.61. The number of nitrogens with one attached hydrogen (secondary N) is 2. The Labute approximate surface area is 161 Å². The molecule has 1 heterocycles. The van der Waals surface area contributed by atoms with Crippen molar-refractivity contribution in [3.05, 3.63) is 65.4 Å². The number of hydrogen-bond acceptors (Lipinski definition) is 4. The highest BCUT2D eigenvalue weighted by Crippen LogP contribution is 2.30. The van der Waals surface area contributed by atoms with Gasteiger partial charge in [-0.2, -0.15) is 0 Å². The minimum atomic E-state index is -0.603. The van der Waals surface area contributed by atoms with Crippen LogP contribution in [0.3, 0.4) is 0 Å². The number of rotatable bonds is 6. The van der Waals surface area contributed by atoms with Gasteiger partial charge >= 0.3 is 5.97 Å². The normalized spacial score (nSPS) is 13.3. The molecule has 0 radical (unpaired) electrons. The first-order valence-corrected chi connectivity index (χ1v) is 9.21. The third kappa shape index (κ3) is 3.67. The van der Waals surface area contributed by atoms with E-state index in [4.69, 9.17) is 4.74 Å². The maximum absolute atomic E-state index is 12.6. The minimum absolute atomic E-state index is 0.0319. The van der Waals surface area contributed by atoms with Gasteiger partial charge in [-0.05, 0) is 44.0 Å². The highest BCUT2D eigenvalue weighted by molar-refractivity contribution is 6.10. The summed E-state index contributed by atoms with van der Waals surface area (Å²) in [7, 11) is 0. The molecule has 1 aliphatic rings. The first-order chi connectivity index (χ1) is 13.5. The summed E-state index contributed by atoms with van der Waals surface area (Å²) in [6.07, 6.45) is 1.81. The number of hydrogen-bond donors (Lipinski definition) is 2. The van der Waals surface area contributed by atoms with Crippen LogP contribution in [-0.2, 0) is 9.53 Å². The Bertz CT molecular complexity index is 1080. The van der Waals surface area contributed by atoms with Crippen molar-refractivity contribution in [1.29, 1.82) is 0 Å². The van der Waals surface area contributed by atoms with E-state index in [0.717, 1.165) is 29.4 Å². The van der Waals surface area contributed by atoms with E-state index in [-0.39, 0.29) is 29.8 Å². The van der Waals surface area contributed by atoms with Crippen molar-refractivity contribution in [1.82, 2.24) is 4.98 Å². The fraction of sp³-hybridized carbons (Fsp3) is 0.227. The summed E-state index contributed by atoms with van der Waals surface area (Å²) in [5.41, 5.74) is 2.98. The van der Waals surface area contributed by atoms with Gasteiger partial charge in [-0.25, -0.2) is 4.79 Å². The van der Waals surface area contributed by atoms with Gasteiger partial charge < -0.3 is 15.0 Å². The Morgan fingerprint density at radius 1 is 1.11 bits per heavy atom. The molecule has 1 fully saturated rings. The van der Waals surface area contributed by atoms with Crippen molar-refractivity contribution < 1.29 is 19.1 Å². The van der Waals surface area contributed by atoms with Crippen LogP contribution in [0.4, 0.5) is 5.69 Å². The highest BCUT2D eigenvalue weighted by atomic mass is 16.5. The predicted octanol–water partition coefficient (Wildman–Crippen LogP) is 3.86. The maximum Gasteiger partial charge on any atom is 0.338 e. The molecule has 0 saturated heterocycles. The quantitative estimate of drug-likeness (QED) is 0.505. The van der Waals surface area contributed by atoms with Gasteiger partial charge in [0, 0.05) is 33.8 Å². The molecule has 3 aromatic rings. The number of fused-ring (bicyclic) bond motifs is 1. The minimum Gasteiger partial charge on any atom is -0.454 e. The molecular formula is C22H20N2O4. The van der Waals surface area contributed by atoms with E-state index >= 15 is 0 Å². The van der Waals surface area contributed by atoms with Crippen LogP contribution in [-0.4, -0.2) is 29.3 Å². The molecule has 1 aliphatic carbocycles. The second-order valence-corrected chi connectivity index (χ2v) is 7.01. The number of para-hydroxylation sites is 1. The van der Waals surface area contributed by atoms with Crippen molar-refractivity contribution in [3.8, 4) is 0 Å². The fourth-order valence-electron chi connectivity index (χ4n) is 3.24. The molecule has 6 nitrogen and oxygen atoms in total. The van der Waals surface area contributed by atoms with Crippen molar-refractivity contribution in [3.63, 3.8) is 0 Å². The van der Waals surface area contributed by atoms with Gasteiger partial charge in [0.1, 0.15) is 0 Å². The van der Waals surface area contributed by atoms with E-state index in [0.29, 0.717) is 11.3 Å². The molecule has 0 aliphatic heterocycles. The number of aryl methyl sites for hydroxylation is 1. The molecule has 2 N–H and O–H groups in total. The fourth-order valence-corrected chi connectivity index (χ4v) is 3.24. The summed E-state index contributed by atoms with van der Waals surface area (Å²) in [5.74, 6) is -0.821. The van der Waals surface area contributed by atoms with Gasteiger partial charge in [0.25, 0.3) is 0 Å². The highest BCUT2D eigenvalue weighted by Gasteiger charge is 2.29. The number of amides is 1. The van der Waals surface area contributed by atoms with Crippen LogP contribution in [0.5, 0.6) is 0 Å². The summed E-state index contributed by atoms with van der Waals surface area (Å²) in [6, 6.07) is 14.1. The van der Waals surface area contributed by atoms with Crippen LogP contribution >= 0.6 is 0 Å². The molecule has 4 rings (SSSR count). The van der Waals surface area contributed by atoms with Crippen molar-refractivity contribution in [2.75, 3.05) is 11.9 Å². The second-order valence-electron chi connectivity index (χ2n) is 7.01. The Balaban J connectivity index is 1.43. The predicted molar refractivity (Wildman–Crippen MR) is 105 cm³/mol. The molecule has 0 spiro atoms. The molecule has 142 valence electrons. The number of carbonyl (C=O) groups is 3. The first kappa shape index (κ1) is 18.0. The topological polar surface area (TPSA) is 88.3 Å². The van der Waals surface area contributed by atoms with E-state index in [9.17, 15) is 14.4 Å². The number of benzene rings is 2.